The topological polar surface area (TPSA) is 95.8 Å². The zero-order chi connectivity index (χ0) is 25.7. The number of imidazole rings is 1. The molecule has 5 aromatic rings. The van der Waals surface area contributed by atoms with Crippen molar-refractivity contribution in [1.29, 1.82) is 0 Å². The third-order valence-electron chi connectivity index (χ3n) is 7.46. The van der Waals surface area contributed by atoms with E-state index in [1.54, 1.807) is 6.33 Å². The van der Waals surface area contributed by atoms with Crippen LogP contribution in [0.5, 0.6) is 11.5 Å². The van der Waals surface area contributed by atoms with Gasteiger partial charge in [0.2, 0.25) is 0 Å². The van der Waals surface area contributed by atoms with Crippen LogP contribution in [-0.2, 0) is 6.54 Å². The van der Waals surface area contributed by atoms with Gasteiger partial charge >= 0.3 is 0 Å². The fourth-order valence-electron chi connectivity index (χ4n) is 5.48. The molecule has 0 saturated heterocycles. The van der Waals surface area contributed by atoms with Crippen LogP contribution < -0.4 is 15.8 Å². The molecule has 194 valence electrons. The number of aryl methyl sites for hydroxylation is 1. The van der Waals surface area contributed by atoms with Gasteiger partial charge in [-0.2, -0.15) is 0 Å². The van der Waals surface area contributed by atoms with Gasteiger partial charge < -0.3 is 24.9 Å². The van der Waals surface area contributed by atoms with Crippen molar-refractivity contribution in [3.63, 3.8) is 0 Å². The van der Waals surface area contributed by atoms with Gasteiger partial charge in [0.15, 0.2) is 0 Å². The Labute approximate surface area is 222 Å². The molecule has 0 atom stereocenters. The molecule has 3 N–H and O–H groups in total. The molecule has 1 aliphatic carbocycles. The van der Waals surface area contributed by atoms with Crippen LogP contribution in [0.25, 0.3) is 22.2 Å². The van der Waals surface area contributed by atoms with E-state index >= 15 is 0 Å². The van der Waals surface area contributed by atoms with Crippen molar-refractivity contribution >= 4 is 16.9 Å². The van der Waals surface area contributed by atoms with Crippen LogP contribution in [-0.4, -0.2) is 36.7 Å². The lowest BCUT2D eigenvalue weighted by Crippen LogP contribution is -2.34. The van der Waals surface area contributed by atoms with Crippen LogP contribution in [0, 0.1) is 0 Å². The number of hydrogen-bond donors (Lipinski definition) is 2. The Bertz CT molecular complexity index is 1450. The van der Waals surface area contributed by atoms with Crippen LogP contribution in [0.15, 0.2) is 85.8 Å². The second-order valence-corrected chi connectivity index (χ2v) is 9.96. The molecule has 6 rings (SSSR count). The highest BCUT2D eigenvalue weighted by molar-refractivity contribution is 6.00. The molecule has 0 spiro atoms. The van der Waals surface area contributed by atoms with Crippen molar-refractivity contribution < 1.29 is 4.74 Å². The first-order chi connectivity index (χ1) is 18.7. The molecule has 8 nitrogen and oxygen atoms in total. The maximum Gasteiger partial charge on any atom is 0.146 e. The summed E-state index contributed by atoms with van der Waals surface area (Å²) in [6.07, 6.45) is 15.1. The minimum Gasteiger partial charge on any atom is -0.457 e. The summed E-state index contributed by atoms with van der Waals surface area (Å²) in [5.41, 5.74) is 9.43. The number of hydrogen-bond acceptors (Lipinski definition) is 6. The number of anilines is 1. The Balaban J connectivity index is 1.14. The normalized spacial score (nSPS) is 17.6. The predicted molar refractivity (Wildman–Crippen MR) is 150 cm³/mol. The van der Waals surface area contributed by atoms with Crippen molar-refractivity contribution in [3.05, 3.63) is 85.8 Å². The van der Waals surface area contributed by atoms with Gasteiger partial charge in [0.25, 0.3) is 0 Å². The van der Waals surface area contributed by atoms with E-state index in [2.05, 4.69) is 47.7 Å². The Morgan fingerprint density at radius 3 is 2.50 bits per heavy atom. The van der Waals surface area contributed by atoms with E-state index in [1.165, 1.54) is 0 Å². The maximum absolute atomic E-state index is 6.39. The maximum atomic E-state index is 6.39. The highest BCUT2D eigenvalue weighted by Gasteiger charge is 2.25. The summed E-state index contributed by atoms with van der Waals surface area (Å²) in [6.45, 7) is 2.03. The Morgan fingerprint density at radius 2 is 1.74 bits per heavy atom. The number of benzene rings is 2. The number of para-hydroxylation sites is 1. The molecule has 0 bridgehead atoms. The predicted octanol–water partition coefficient (Wildman–Crippen LogP) is 5.83. The second-order valence-electron chi connectivity index (χ2n) is 9.96. The third kappa shape index (κ3) is 5.26. The largest absolute Gasteiger partial charge is 0.457 e. The highest BCUT2D eigenvalue weighted by Crippen LogP contribution is 2.38. The number of nitrogens with one attached hydrogen (secondary N) is 1. The minimum absolute atomic E-state index is 0.394. The summed E-state index contributed by atoms with van der Waals surface area (Å²) in [5.74, 6) is 2.13. The Morgan fingerprint density at radius 1 is 0.947 bits per heavy atom. The van der Waals surface area contributed by atoms with Crippen LogP contribution >= 0.6 is 0 Å². The average molecular weight is 508 g/mol. The van der Waals surface area contributed by atoms with E-state index < -0.39 is 0 Å². The number of aromatic nitrogens is 5. The quantitative estimate of drug-likeness (QED) is 0.244. The fraction of sp³-hybridized carbons (Fsp3) is 0.300. The van der Waals surface area contributed by atoms with Crippen LogP contribution in [0.1, 0.15) is 38.1 Å². The molecular formula is C30H33N7O. The van der Waals surface area contributed by atoms with Gasteiger partial charge in [-0.15, -0.1) is 0 Å². The molecule has 2 aromatic carbocycles. The summed E-state index contributed by atoms with van der Waals surface area (Å²) in [7, 11) is 0. The highest BCUT2D eigenvalue weighted by atomic mass is 16.5. The summed E-state index contributed by atoms with van der Waals surface area (Å²) in [6, 6.07) is 18.9. The first-order valence-electron chi connectivity index (χ1n) is 13.4. The van der Waals surface area contributed by atoms with Crippen molar-refractivity contribution in [2.45, 2.75) is 50.7 Å². The first-order valence-corrected chi connectivity index (χ1v) is 13.4. The van der Waals surface area contributed by atoms with Gasteiger partial charge in [-0.25, -0.2) is 15.0 Å². The summed E-state index contributed by atoms with van der Waals surface area (Å²) in [4.78, 5) is 13.1. The zero-order valence-corrected chi connectivity index (χ0v) is 21.4. The van der Waals surface area contributed by atoms with E-state index in [0.717, 1.165) is 78.9 Å². The first kappa shape index (κ1) is 24.2. The molecule has 0 amide bonds. The summed E-state index contributed by atoms with van der Waals surface area (Å²) in [5, 5.41) is 4.68. The van der Waals surface area contributed by atoms with E-state index in [-0.39, 0.29) is 0 Å². The van der Waals surface area contributed by atoms with Crippen molar-refractivity contribution in [2.24, 2.45) is 0 Å². The van der Waals surface area contributed by atoms with Gasteiger partial charge in [0, 0.05) is 42.8 Å². The van der Waals surface area contributed by atoms with Crippen molar-refractivity contribution in [2.75, 3.05) is 12.3 Å². The molecule has 0 aliphatic heterocycles. The van der Waals surface area contributed by atoms with Gasteiger partial charge in [0.1, 0.15) is 29.3 Å². The minimum atomic E-state index is 0.394. The summed E-state index contributed by atoms with van der Waals surface area (Å²) >= 11 is 0. The summed E-state index contributed by atoms with van der Waals surface area (Å²) < 4.78 is 10.4. The molecule has 0 radical (unpaired) electrons. The van der Waals surface area contributed by atoms with Gasteiger partial charge in [-0.1, -0.05) is 30.3 Å². The van der Waals surface area contributed by atoms with Crippen molar-refractivity contribution in [3.8, 4) is 22.6 Å². The van der Waals surface area contributed by atoms with Crippen LogP contribution in [0.2, 0.25) is 0 Å². The lowest BCUT2D eigenvalue weighted by Gasteiger charge is -2.30. The molecule has 38 heavy (non-hydrogen) atoms. The third-order valence-corrected chi connectivity index (χ3v) is 7.46. The molecule has 1 saturated carbocycles. The second kappa shape index (κ2) is 11.1. The molecule has 1 aliphatic rings. The van der Waals surface area contributed by atoms with Crippen LogP contribution in [0.4, 0.5) is 5.82 Å². The molecule has 3 heterocycles. The van der Waals surface area contributed by atoms with Crippen molar-refractivity contribution in [1.82, 2.24) is 29.4 Å². The molecule has 8 heteroatoms. The molecule has 3 aromatic heterocycles. The van der Waals surface area contributed by atoms with E-state index in [0.29, 0.717) is 17.9 Å². The monoisotopic (exact) mass is 507 g/mol. The number of nitrogen functional groups attached to an aromatic ring is 1. The molecule has 1 fully saturated rings. The van der Waals surface area contributed by atoms with E-state index in [9.17, 15) is 0 Å². The number of fused-ring (bicyclic) bond motifs is 1. The van der Waals surface area contributed by atoms with Gasteiger partial charge in [-0.05, 0) is 68.5 Å². The number of nitrogens with two attached hydrogens (primary N) is 1. The zero-order valence-electron chi connectivity index (χ0n) is 21.4. The standard InChI is InChI=1S/C30H33N7O/c31-29-28-27(22-7-13-26(14-8-22)38-25-5-2-1-3-6-25)19-37(30(28)35-20-34-29)24-11-9-23(10-12-24)33-15-4-17-36-18-16-32-21-36/h1-3,5-8,13-14,16,18-21,23-24,33H,4,9-12,15,17H2,(H2,31,34,35). The van der Waals surface area contributed by atoms with Crippen LogP contribution in [0.3, 0.4) is 0 Å². The number of rotatable bonds is 9. The van der Waals surface area contributed by atoms with E-state index in [4.69, 9.17) is 10.5 Å². The van der Waals surface area contributed by atoms with Gasteiger partial charge in [0.05, 0.1) is 11.7 Å². The Hall–Kier alpha value is -4.17. The number of nitrogens with zero attached hydrogens (tertiary/aromatic N) is 5. The lowest BCUT2D eigenvalue weighted by molar-refractivity contribution is 0.293. The fourth-order valence-corrected chi connectivity index (χ4v) is 5.48. The molecular weight excluding hydrogens is 474 g/mol. The number of ether oxygens (including phenoxy) is 1. The molecule has 0 unspecified atom stereocenters. The van der Waals surface area contributed by atoms with Gasteiger partial charge in [-0.3, -0.25) is 0 Å². The lowest BCUT2D eigenvalue weighted by atomic mass is 9.91. The van der Waals surface area contributed by atoms with E-state index in [1.807, 2.05) is 61.2 Å². The average Bonchev–Trinajstić information content (AvgIpc) is 3.62. The Kier molecular flexibility index (Phi) is 7.04. The SMILES string of the molecule is Nc1ncnc2c1c(-c1ccc(Oc3ccccc3)cc1)cn2C1CCC(NCCCn2ccnc2)CC1. The smallest absolute Gasteiger partial charge is 0.146 e.